The molecule has 5 fully saturated rings. The van der Waals surface area contributed by atoms with Crippen LogP contribution in [0.1, 0.15) is 47.1 Å². The third-order valence-electron chi connectivity index (χ3n) is 11.8. The number of nitrogens with zero attached hydrogens (tertiary/aromatic N) is 2. The molecule has 4 heterocycles. The summed E-state index contributed by atoms with van der Waals surface area (Å²) in [6, 6.07) is 21.4. The van der Waals surface area contributed by atoms with Crippen molar-refractivity contribution in [3.8, 4) is 5.75 Å². The van der Waals surface area contributed by atoms with Gasteiger partial charge in [0.15, 0.2) is 11.8 Å². The van der Waals surface area contributed by atoms with Gasteiger partial charge in [0.2, 0.25) is 11.8 Å². The molecule has 12 nitrogen and oxygen atoms in total. The zero-order chi connectivity index (χ0) is 36.3. The summed E-state index contributed by atoms with van der Waals surface area (Å²) in [6.45, 7) is 0.418. The van der Waals surface area contributed by atoms with Gasteiger partial charge in [-0.3, -0.25) is 19.2 Å². The number of aliphatic hydroxyl groups excluding tert-OH is 1. The third-order valence-corrected chi connectivity index (χ3v) is 11.8. The summed E-state index contributed by atoms with van der Waals surface area (Å²) < 4.78 is 19.8. The Hall–Kier alpha value is -4.59. The molecule has 1 saturated carbocycles. The van der Waals surface area contributed by atoms with Gasteiger partial charge in [0, 0.05) is 32.4 Å². The number of phenols is 1. The molecule has 9 rings (SSSR count). The second-order valence-corrected chi connectivity index (χ2v) is 15.1. The lowest BCUT2D eigenvalue weighted by atomic mass is 9.62. The van der Waals surface area contributed by atoms with Crippen LogP contribution < -0.4 is 5.32 Å². The number of aromatic hydroxyl groups is 1. The molecule has 3 aromatic rings. The van der Waals surface area contributed by atoms with Crippen LogP contribution in [-0.2, 0) is 59.2 Å². The summed E-state index contributed by atoms with van der Waals surface area (Å²) in [5, 5.41) is 23.8. The molecular formula is C41H43N3O9. The fourth-order valence-corrected chi connectivity index (χ4v) is 9.57. The molecule has 1 spiro atoms. The van der Waals surface area contributed by atoms with Crippen molar-refractivity contribution in [3.05, 3.63) is 107 Å². The summed E-state index contributed by atoms with van der Waals surface area (Å²) in [6.07, 6.45) is 3.90. The average molecular weight is 722 g/mol. The van der Waals surface area contributed by atoms with Crippen LogP contribution in [0.25, 0.3) is 6.08 Å². The number of esters is 1. The molecule has 276 valence electrons. The number of likely N-dealkylation sites (tertiary alicyclic amines) is 1. The van der Waals surface area contributed by atoms with Crippen molar-refractivity contribution in [2.45, 2.75) is 87.4 Å². The number of hydroxylamine groups is 2. The first-order chi connectivity index (χ1) is 25.8. The van der Waals surface area contributed by atoms with Crippen LogP contribution in [0.5, 0.6) is 5.75 Å². The molecule has 6 aliphatic rings. The molecule has 2 amide bonds. The lowest BCUT2D eigenvalue weighted by molar-refractivity contribution is -0.218. The number of carbonyl (C=O) groups excluding carboxylic acids is 3. The van der Waals surface area contributed by atoms with E-state index in [2.05, 4.69) is 17.4 Å². The van der Waals surface area contributed by atoms with E-state index in [-0.39, 0.29) is 43.7 Å². The Morgan fingerprint density at radius 3 is 2.55 bits per heavy atom. The predicted molar refractivity (Wildman–Crippen MR) is 190 cm³/mol. The number of fused-ring (bicyclic) bond motifs is 5. The van der Waals surface area contributed by atoms with E-state index < -0.39 is 53.7 Å². The second kappa shape index (κ2) is 13.4. The van der Waals surface area contributed by atoms with E-state index in [1.165, 1.54) is 0 Å². The van der Waals surface area contributed by atoms with Gasteiger partial charge in [-0.25, -0.2) is 0 Å². The minimum atomic E-state index is -1.39. The van der Waals surface area contributed by atoms with Gasteiger partial charge in [0.1, 0.15) is 41.6 Å². The Kier molecular flexibility index (Phi) is 8.62. The summed E-state index contributed by atoms with van der Waals surface area (Å²) in [7, 11) is 0. The number of benzene rings is 3. The zero-order valence-corrected chi connectivity index (χ0v) is 29.3. The van der Waals surface area contributed by atoms with Gasteiger partial charge in [0.05, 0.1) is 13.2 Å². The van der Waals surface area contributed by atoms with Crippen molar-refractivity contribution in [2.24, 2.45) is 5.41 Å². The Balaban J connectivity index is 1.04. The molecule has 0 aromatic heterocycles. The molecule has 4 aliphatic heterocycles. The largest absolute Gasteiger partial charge is 0.508 e. The van der Waals surface area contributed by atoms with Gasteiger partial charge in [-0.05, 0) is 53.1 Å². The summed E-state index contributed by atoms with van der Waals surface area (Å²) >= 11 is 0. The number of carbonyl (C=O) groups is 3. The van der Waals surface area contributed by atoms with Gasteiger partial charge in [-0.15, -0.1) is 0 Å². The van der Waals surface area contributed by atoms with Crippen LogP contribution in [0.2, 0.25) is 0 Å². The van der Waals surface area contributed by atoms with E-state index >= 15 is 4.79 Å². The van der Waals surface area contributed by atoms with E-state index in [0.717, 1.165) is 27.8 Å². The Labute approximate surface area is 307 Å². The minimum Gasteiger partial charge on any atom is -0.508 e. The average Bonchev–Trinajstić information content (AvgIpc) is 3.95. The molecule has 7 atom stereocenters. The molecule has 7 unspecified atom stereocenters. The van der Waals surface area contributed by atoms with Crippen molar-refractivity contribution in [1.29, 1.82) is 0 Å². The first kappa shape index (κ1) is 34.2. The highest BCUT2D eigenvalue weighted by molar-refractivity contribution is 5.96. The van der Waals surface area contributed by atoms with Crippen molar-refractivity contribution in [1.82, 2.24) is 15.3 Å². The number of amides is 2. The molecular weight excluding hydrogens is 678 g/mol. The van der Waals surface area contributed by atoms with Crippen LogP contribution in [0.15, 0.2) is 78.9 Å². The van der Waals surface area contributed by atoms with E-state index in [9.17, 15) is 19.8 Å². The molecule has 12 heteroatoms. The van der Waals surface area contributed by atoms with Crippen molar-refractivity contribution in [2.75, 3.05) is 19.7 Å². The SMILES string of the molecule is O=C(NCCO)C1CCCN1C(=O)C12CC3OC(=O)C1N(Cc1cccc(C=CCc4ccccc4O)c1)OC2C1OC2(Cc4ccccc4C2)OC31. The Bertz CT molecular complexity index is 1940. The van der Waals surface area contributed by atoms with Crippen LogP contribution in [-0.4, -0.2) is 99.9 Å². The Morgan fingerprint density at radius 1 is 0.981 bits per heavy atom. The Morgan fingerprint density at radius 2 is 1.75 bits per heavy atom. The highest BCUT2D eigenvalue weighted by Crippen LogP contribution is 2.59. The molecule has 4 saturated heterocycles. The van der Waals surface area contributed by atoms with E-state index in [0.29, 0.717) is 38.6 Å². The third kappa shape index (κ3) is 5.75. The standard InChI is InChI=1S/C41H43N3O9/c45-19-17-42-37(47)30-15-7-18-43(30)39(49)41-23-32-33-34(52-40(51-33)21-28-12-1-2-13-29(28)22-40)36(41)53-44(35(41)38(48)50-32)24-26-10-5-8-25(20-26)9-6-14-27-11-3-4-16-31(27)46/h1-6,8-13,16,20,30,32-36,45-46H,7,14-15,17-19,21-24H2,(H,42,47). The van der Waals surface area contributed by atoms with Crippen molar-refractivity contribution < 1.29 is 43.6 Å². The second-order valence-electron chi connectivity index (χ2n) is 15.1. The van der Waals surface area contributed by atoms with Crippen LogP contribution in [0.4, 0.5) is 0 Å². The number of phenolic OH excluding ortho intramolecular Hbond substituents is 1. The topological polar surface area (TPSA) is 147 Å². The summed E-state index contributed by atoms with van der Waals surface area (Å²) in [4.78, 5) is 51.1. The van der Waals surface area contributed by atoms with Gasteiger partial charge >= 0.3 is 5.97 Å². The van der Waals surface area contributed by atoms with E-state index in [4.69, 9.17) is 19.0 Å². The van der Waals surface area contributed by atoms with Crippen LogP contribution in [0, 0.1) is 5.41 Å². The highest BCUT2D eigenvalue weighted by Gasteiger charge is 2.77. The normalized spacial score (nSPS) is 30.8. The van der Waals surface area contributed by atoms with Gasteiger partial charge in [-0.2, -0.15) is 5.06 Å². The van der Waals surface area contributed by atoms with Gasteiger partial charge in [0.25, 0.3) is 0 Å². The molecule has 53 heavy (non-hydrogen) atoms. The number of ether oxygens (including phenoxy) is 3. The predicted octanol–water partition coefficient (Wildman–Crippen LogP) is 2.83. The van der Waals surface area contributed by atoms with Gasteiger partial charge in [-0.1, -0.05) is 78.9 Å². The lowest BCUT2D eigenvalue weighted by Crippen LogP contribution is -2.70. The zero-order valence-electron chi connectivity index (χ0n) is 29.3. The number of hydrogen-bond donors (Lipinski definition) is 3. The number of allylic oxidation sites excluding steroid dienone is 1. The van der Waals surface area contributed by atoms with E-state index in [1.807, 2.05) is 60.7 Å². The smallest absolute Gasteiger partial charge is 0.327 e. The monoisotopic (exact) mass is 721 g/mol. The molecule has 2 aliphatic carbocycles. The first-order valence-corrected chi connectivity index (χ1v) is 18.6. The molecule has 3 aromatic carbocycles. The number of hydrogen-bond acceptors (Lipinski definition) is 10. The quantitative estimate of drug-likeness (QED) is 0.282. The maximum atomic E-state index is 15.2. The molecule has 2 bridgehead atoms. The summed E-state index contributed by atoms with van der Waals surface area (Å²) in [5.74, 6) is -1.94. The number of nitrogens with one attached hydrogen (secondary N) is 1. The van der Waals surface area contributed by atoms with E-state index in [1.54, 1.807) is 22.1 Å². The number of aliphatic hydroxyl groups is 1. The fourth-order valence-electron chi connectivity index (χ4n) is 9.57. The number of para-hydroxylation sites is 1. The van der Waals surface area contributed by atoms with Crippen molar-refractivity contribution in [3.63, 3.8) is 0 Å². The number of rotatable bonds is 9. The maximum absolute atomic E-state index is 15.2. The molecule has 3 N–H and O–H groups in total. The summed E-state index contributed by atoms with van der Waals surface area (Å²) in [5.41, 5.74) is 3.48. The highest BCUT2D eigenvalue weighted by atomic mass is 16.8. The van der Waals surface area contributed by atoms with Crippen molar-refractivity contribution >= 4 is 23.9 Å². The van der Waals surface area contributed by atoms with Crippen LogP contribution >= 0.6 is 0 Å². The fraction of sp³-hybridized carbons (Fsp3) is 0.439. The molecule has 0 radical (unpaired) electrons. The minimum absolute atomic E-state index is 0.0848. The lowest BCUT2D eigenvalue weighted by Gasteiger charge is -2.50. The first-order valence-electron chi connectivity index (χ1n) is 18.6. The van der Waals surface area contributed by atoms with Gasteiger partial charge < -0.3 is 34.6 Å². The maximum Gasteiger partial charge on any atom is 0.327 e. The van der Waals surface area contributed by atoms with Crippen LogP contribution in [0.3, 0.4) is 0 Å².